The van der Waals surface area contributed by atoms with Gasteiger partial charge in [-0.05, 0) is 141 Å². The molecule has 0 atom stereocenters. The van der Waals surface area contributed by atoms with E-state index in [-0.39, 0.29) is 11.8 Å². The van der Waals surface area contributed by atoms with Gasteiger partial charge < -0.3 is 13.9 Å². The van der Waals surface area contributed by atoms with Crippen LogP contribution < -0.4 is 5.41 Å². The summed E-state index contributed by atoms with van der Waals surface area (Å²) in [5.74, 6) is 0.194. The van der Waals surface area contributed by atoms with E-state index in [0.717, 1.165) is 39.1 Å². The second-order valence-electron chi connectivity index (χ2n) is 16.6. The number of benzene rings is 10. The molecule has 0 bridgehead atoms. The standard InChI is InChI=1S/C60H40N4O/c61-59(42-12-3-1-4-13-42)65-60(62)43-25-30-50(31-26-43)64-55-18-10-9-17-51(55)52-37-47(28-33-56(52)64)48-29-34-58-54(38-48)53-36-46(27-32-57(53)63(58)49-15-5-2-6-16-49)41-21-19-40(20-22-41)45-24-23-39-11-7-8-14-44(39)35-45/h1-38,61-62H/p+1. The first-order valence-corrected chi connectivity index (χ1v) is 21.9. The van der Waals surface area contributed by atoms with Crippen LogP contribution in [-0.4, -0.2) is 20.9 Å². The number of fused-ring (bicyclic) bond motifs is 7. The van der Waals surface area contributed by atoms with Crippen molar-refractivity contribution in [3.05, 3.63) is 242 Å². The molecule has 12 rings (SSSR count). The Labute approximate surface area is 375 Å². The van der Waals surface area contributed by atoms with Crippen LogP contribution in [0.5, 0.6) is 0 Å². The number of nitrogens with one attached hydrogen (secondary N) is 1. The first-order valence-electron chi connectivity index (χ1n) is 21.9. The summed E-state index contributed by atoms with van der Waals surface area (Å²) in [6.45, 7) is 0. The Morgan fingerprint density at radius 3 is 1.38 bits per heavy atom. The van der Waals surface area contributed by atoms with Crippen LogP contribution in [0.3, 0.4) is 0 Å². The van der Waals surface area contributed by atoms with E-state index in [0.29, 0.717) is 5.56 Å². The van der Waals surface area contributed by atoms with Crippen molar-refractivity contribution in [1.29, 1.82) is 5.41 Å². The minimum atomic E-state index is -0.00339. The number of nitrogens with two attached hydrogens (primary N) is 1. The maximum atomic E-state index is 8.63. The first-order chi connectivity index (χ1) is 32.0. The number of para-hydroxylation sites is 2. The average molecular weight is 834 g/mol. The quantitative estimate of drug-likeness (QED) is 0.122. The third-order valence-corrected chi connectivity index (χ3v) is 12.7. The Morgan fingerprint density at radius 1 is 0.338 bits per heavy atom. The Balaban J connectivity index is 0.919. The minimum Gasteiger partial charge on any atom is -0.386 e. The average Bonchev–Trinajstić information content (AvgIpc) is 3.88. The van der Waals surface area contributed by atoms with Gasteiger partial charge in [-0.15, -0.1) is 0 Å². The molecule has 0 aliphatic carbocycles. The maximum absolute atomic E-state index is 8.63. The Bertz CT molecular complexity index is 3810. The van der Waals surface area contributed by atoms with Crippen molar-refractivity contribution in [2.45, 2.75) is 0 Å². The Hall–Kier alpha value is -8.80. The molecule has 10 aromatic carbocycles. The lowest BCUT2D eigenvalue weighted by molar-refractivity contribution is -0.130. The van der Waals surface area contributed by atoms with Crippen molar-refractivity contribution in [2.24, 2.45) is 0 Å². The maximum Gasteiger partial charge on any atom is 0.373 e. The summed E-state index contributed by atoms with van der Waals surface area (Å²) in [5.41, 5.74) is 15.1. The van der Waals surface area contributed by atoms with Gasteiger partial charge in [-0.25, -0.2) is 5.41 Å². The summed E-state index contributed by atoms with van der Waals surface area (Å²) in [7, 11) is 0. The molecule has 306 valence electrons. The van der Waals surface area contributed by atoms with Crippen LogP contribution in [0.15, 0.2) is 231 Å². The second kappa shape index (κ2) is 15.5. The molecule has 0 aliphatic rings. The molecule has 5 nitrogen and oxygen atoms in total. The third-order valence-electron chi connectivity index (χ3n) is 12.7. The molecule has 0 fully saturated rings. The first kappa shape index (κ1) is 37.9. The fourth-order valence-corrected chi connectivity index (χ4v) is 9.48. The fraction of sp³-hybridized carbons (Fsp3) is 0. The van der Waals surface area contributed by atoms with Gasteiger partial charge in [-0.1, -0.05) is 133 Å². The smallest absolute Gasteiger partial charge is 0.373 e. The summed E-state index contributed by atoms with van der Waals surface area (Å²) >= 11 is 0. The molecule has 2 aromatic heterocycles. The number of nitrogens with zero attached hydrogens (tertiary/aromatic N) is 2. The van der Waals surface area contributed by atoms with Crippen LogP contribution in [0.2, 0.25) is 0 Å². The molecule has 0 spiro atoms. The van der Waals surface area contributed by atoms with E-state index in [1.807, 2.05) is 54.6 Å². The molecule has 0 saturated carbocycles. The molecule has 12 aromatic rings. The van der Waals surface area contributed by atoms with Crippen molar-refractivity contribution >= 4 is 66.2 Å². The van der Waals surface area contributed by atoms with Gasteiger partial charge in [-0.3, -0.25) is 5.41 Å². The van der Waals surface area contributed by atoms with Crippen LogP contribution in [0.1, 0.15) is 11.1 Å². The minimum absolute atomic E-state index is 0.00339. The number of rotatable bonds is 7. The summed E-state index contributed by atoms with van der Waals surface area (Å²) in [6.07, 6.45) is 0. The Morgan fingerprint density at radius 2 is 0.769 bits per heavy atom. The highest BCUT2D eigenvalue weighted by molar-refractivity contribution is 6.13. The molecule has 2 heterocycles. The molecule has 65 heavy (non-hydrogen) atoms. The molecule has 0 amide bonds. The zero-order valence-corrected chi connectivity index (χ0v) is 35.3. The van der Waals surface area contributed by atoms with Gasteiger partial charge in [0.05, 0.1) is 27.6 Å². The van der Waals surface area contributed by atoms with E-state index >= 15 is 0 Å². The summed E-state index contributed by atoms with van der Waals surface area (Å²) in [4.78, 5) is 0. The molecule has 0 aliphatic heterocycles. The van der Waals surface area contributed by atoms with Gasteiger partial charge in [0.1, 0.15) is 0 Å². The van der Waals surface area contributed by atoms with E-state index in [1.165, 1.54) is 65.6 Å². The van der Waals surface area contributed by atoms with Crippen molar-refractivity contribution in [1.82, 2.24) is 9.13 Å². The van der Waals surface area contributed by atoms with Gasteiger partial charge in [-0.2, -0.15) is 0 Å². The fourth-order valence-electron chi connectivity index (χ4n) is 9.48. The number of hydrogen-bond donors (Lipinski definition) is 2. The largest absolute Gasteiger partial charge is 0.386 e. The van der Waals surface area contributed by atoms with Crippen LogP contribution in [0, 0.1) is 5.41 Å². The van der Waals surface area contributed by atoms with Gasteiger partial charge >= 0.3 is 5.90 Å². The summed E-state index contributed by atoms with van der Waals surface area (Å²) < 4.78 is 10.4. The lowest BCUT2D eigenvalue weighted by Crippen LogP contribution is -2.43. The highest BCUT2D eigenvalue weighted by atomic mass is 16.5. The van der Waals surface area contributed by atoms with E-state index in [4.69, 9.17) is 15.6 Å². The highest BCUT2D eigenvalue weighted by Gasteiger charge is 2.18. The second-order valence-corrected chi connectivity index (χ2v) is 16.6. The highest BCUT2D eigenvalue weighted by Crippen LogP contribution is 2.40. The molecule has 0 unspecified atom stereocenters. The predicted molar refractivity (Wildman–Crippen MR) is 269 cm³/mol. The topological polar surface area (TPSA) is 68.5 Å². The van der Waals surface area contributed by atoms with Crippen molar-refractivity contribution in [3.8, 4) is 44.8 Å². The zero-order valence-electron chi connectivity index (χ0n) is 35.3. The molecular formula is C60H41N4O+. The molecule has 3 N–H and O–H groups in total. The third kappa shape index (κ3) is 6.66. The van der Waals surface area contributed by atoms with Gasteiger partial charge in [0.15, 0.2) is 0 Å². The van der Waals surface area contributed by atoms with E-state index in [1.54, 1.807) is 0 Å². The number of hydrogen-bond acceptors (Lipinski definition) is 2. The van der Waals surface area contributed by atoms with Crippen LogP contribution in [-0.2, 0) is 4.74 Å². The van der Waals surface area contributed by atoms with Crippen LogP contribution >= 0.6 is 0 Å². The van der Waals surface area contributed by atoms with E-state index in [9.17, 15) is 0 Å². The van der Waals surface area contributed by atoms with Crippen molar-refractivity contribution < 1.29 is 10.1 Å². The summed E-state index contributed by atoms with van der Waals surface area (Å²) in [6, 6.07) is 81.3. The van der Waals surface area contributed by atoms with Gasteiger partial charge in [0.2, 0.25) is 5.90 Å². The van der Waals surface area contributed by atoms with Crippen LogP contribution in [0.25, 0.3) is 99.1 Å². The molecule has 5 heteroatoms. The van der Waals surface area contributed by atoms with Crippen LogP contribution in [0.4, 0.5) is 0 Å². The zero-order chi connectivity index (χ0) is 43.4. The SMILES string of the molecule is N=C(OC(=[NH2+])c1ccccc1)c1ccc(-n2c3ccccc3c3cc(-c4ccc5c(c4)c4cc(-c6ccc(-c7ccc8ccccc8c7)cc6)ccc4n5-c4ccccc4)ccc32)cc1. The predicted octanol–water partition coefficient (Wildman–Crippen LogP) is 13.6. The van der Waals surface area contributed by atoms with Crippen molar-refractivity contribution in [3.63, 3.8) is 0 Å². The monoisotopic (exact) mass is 833 g/mol. The van der Waals surface area contributed by atoms with Gasteiger partial charge in [0.25, 0.3) is 0 Å². The molecule has 0 saturated heterocycles. The van der Waals surface area contributed by atoms with E-state index in [2.05, 4.69) is 185 Å². The summed E-state index contributed by atoms with van der Waals surface area (Å²) in [5, 5.41) is 22.1. The lowest BCUT2D eigenvalue weighted by Gasteiger charge is -2.10. The van der Waals surface area contributed by atoms with Crippen molar-refractivity contribution in [2.75, 3.05) is 0 Å². The lowest BCUT2D eigenvalue weighted by atomic mass is 9.97. The van der Waals surface area contributed by atoms with E-state index < -0.39 is 0 Å². The molecular weight excluding hydrogens is 793 g/mol. The van der Waals surface area contributed by atoms with Gasteiger partial charge in [0, 0.05) is 38.5 Å². The number of aromatic nitrogens is 2. The normalized spacial score (nSPS) is 11.5. The number of ether oxygens (including phenoxy) is 1. The molecule has 0 radical (unpaired) electrons. The Kier molecular flexibility index (Phi) is 9.06.